The van der Waals surface area contributed by atoms with Gasteiger partial charge in [0.25, 0.3) is 10.0 Å². The molecule has 0 aliphatic carbocycles. The van der Waals surface area contributed by atoms with E-state index in [-0.39, 0.29) is 17.3 Å². The highest BCUT2D eigenvalue weighted by Gasteiger charge is 2.32. The summed E-state index contributed by atoms with van der Waals surface area (Å²) in [4.78, 5) is 3.87. The molecule has 1 aromatic heterocycles. The number of β-amino-alcohol motifs (C(OH)–C–C–N with tert-alkyl or cyclic N) is 1. The van der Waals surface area contributed by atoms with Crippen LogP contribution in [0.3, 0.4) is 0 Å². The van der Waals surface area contributed by atoms with Crippen LogP contribution in [-0.4, -0.2) is 42.0 Å². The van der Waals surface area contributed by atoms with E-state index in [2.05, 4.69) is 10.4 Å². The van der Waals surface area contributed by atoms with Crippen molar-refractivity contribution in [3.05, 3.63) is 18.3 Å². The van der Waals surface area contributed by atoms with Crippen LogP contribution in [0.25, 0.3) is 0 Å². The Labute approximate surface area is 106 Å². The summed E-state index contributed by atoms with van der Waals surface area (Å²) >= 11 is 0. The summed E-state index contributed by atoms with van der Waals surface area (Å²) in [6.45, 7) is 0.489. The number of hydrogen-bond donors (Lipinski definition) is 3. The maximum Gasteiger partial charge on any atom is 0.262 e. The molecule has 1 aliphatic rings. The van der Waals surface area contributed by atoms with Gasteiger partial charge in [0.2, 0.25) is 0 Å². The zero-order valence-electron chi connectivity index (χ0n) is 9.78. The van der Waals surface area contributed by atoms with Crippen LogP contribution in [0.15, 0.2) is 23.4 Å². The van der Waals surface area contributed by atoms with Crippen molar-refractivity contribution in [3.63, 3.8) is 0 Å². The Balaban J connectivity index is 2.35. The number of anilines is 1. The second-order valence-corrected chi connectivity index (χ2v) is 6.01. The fourth-order valence-electron chi connectivity index (χ4n) is 1.97. The fraction of sp³-hybridized carbons (Fsp3) is 0.500. The Bertz CT molecular complexity index is 520. The van der Waals surface area contributed by atoms with Gasteiger partial charge in [-0.2, -0.15) is 4.31 Å². The number of pyridine rings is 1. The minimum atomic E-state index is -3.72. The summed E-state index contributed by atoms with van der Waals surface area (Å²) in [5.41, 5.74) is 2.57. The van der Waals surface area contributed by atoms with E-state index >= 15 is 0 Å². The van der Waals surface area contributed by atoms with Gasteiger partial charge in [0.15, 0.2) is 5.03 Å². The van der Waals surface area contributed by atoms with Gasteiger partial charge in [-0.15, -0.1) is 0 Å². The normalized spacial score (nSPS) is 21.8. The smallest absolute Gasteiger partial charge is 0.262 e. The lowest BCUT2D eigenvalue weighted by Crippen LogP contribution is -2.42. The summed E-state index contributed by atoms with van der Waals surface area (Å²) in [6.07, 6.45) is 2.04. The predicted octanol–water partition coefficient (Wildman–Crippen LogP) is -0.487. The lowest BCUT2D eigenvalue weighted by Gasteiger charge is -2.29. The maximum absolute atomic E-state index is 12.4. The molecular formula is C10H16N4O3S. The van der Waals surface area contributed by atoms with Crippen LogP contribution in [-0.2, 0) is 10.0 Å². The highest BCUT2D eigenvalue weighted by molar-refractivity contribution is 7.89. The minimum Gasteiger partial charge on any atom is -0.392 e. The number of sulfonamides is 1. The molecule has 0 aromatic carbocycles. The molecule has 1 fully saturated rings. The molecule has 4 N–H and O–H groups in total. The summed E-state index contributed by atoms with van der Waals surface area (Å²) in [5, 5.41) is 9.44. The van der Waals surface area contributed by atoms with Gasteiger partial charge in [0, 0.05) is 19.3 Å². The van der Waals surface area contributed by atoms with Crippen LogP contribution in [0.1, 0.15) is 12.8 Å². The Kier molecular flexibility index (Phi) is 3.81. The zero-order chi connectivity index (χ0) is 13.2. The molecule has 2 heterocycles. The first-order valence-electron chi connectivity index (χ1n) is 5.65. The molecule has 1 aromatic rings. The Morgan fingerprint density at radius 2 is 2.33 bits per heavy atom. The SMILES string of the molecule is NNc1cccnc1S(=O)(=O)N1CCCC(O)C1. The number of rotatable bonds is 3. The summed E-state index contributed by atoms with van der Waals surface area (Å²) in [5.74, 6) is 5.28. The zero-order valence-corrected chi connectivity index (χ0v) is 10.6. The van der Waals surface area contributed by atoms with Crippen molar-refractivity contribution in [3.8, 4) is 0 Å². The second kappa shape index (κ2) is 5.19. The third-order valence-corrected chi connectivity index (χ3v) is 4.70. The predicted molar refractivity (Wildman–Crippen MR) is 66.0 cm³/mol. The average Bonchev–Trinajstić information content (AvgIpc) is 2.38. The molecule has 0 amide bonds. The number of hydrogen-bond acceptors (Lipinski definition) is 6. The number of nitrogens with one attached hydrogen (secondary N) is 1. The van der Waals surface area contributed by atoms with Gasteiger partial charge < -0.3 is 10.5 Å². The molecule has 0 saturated carbocycles. The van der Waals surface area contributed by atoms with Crippen LogP contribution < -0.4 is 11.3 Å². The van der Waals surface area contributed by atoms with Crippen molar-refractivity contribution < 1.29 is 13.5 Å². The average molecular weight is 272 g/mol. The van der Waals surface area contributed by atoms with Gasteiger partial charge in [-0.1, -0.05) is 0 Å². The molecule has 100 valence electrons. The molecule has 0 spiro atoms. The summed E-state index contributed by atoms with van der Waals surface area (Å²) in [6, 6.07) is 3.14. The second-order valence-electron chi connectivity index (χ2n) is 4.16. The Morgan fingerprint density at radius 3 is 3.00 bits per heavy atom. The molecule has 18 heavy (non-hydrogen) atoms. The van der Waals surface area contributed by atoms with Gasteiger partial charge in [0.05, 0.1) is 11.8 Å². The van der Waals surface area contributed by atoms with Crippen molar-refractivity contribution in [1.82, 2.24) is 9.29 Å². The summed E-state index contributed by atoms with van der Waals surface area (Å²) < 4.78 is 26.0. The van der Waals surface area contributed by atoms with E-state index in [9.17, 15) is 13.5 Å². The number of piperidine rings is 1. The van der Waals surface area contributed by atoms with E-state index in [1.165, 1.54) is 10.5 Å². The first-order chi connectivity index (χ1) is 8.55. The highest BCUT2D eigenvalue weighted by Crippen LogP contribution is 2.24. The fourth-order valence-corrected chi connectivity index (χ4v) is 3.55. The lowest BCUT2D eigenvalue weighted by atomic mass is 10.1. The molecular weight excluding hydrogens is 256 g/mol. The van der Waals surface area contributed by atoms with Gasteiger partial charge in [0.1, 0.15) is 0 Å². The molecule has 1 atom stereocenters. The van der Waals surface area contributed by atoms with E-state index in [0.29, 0.717) is 19.4 Å². The molecule has 0 bridgehead atoms. The number of nitrogens with zero attached hydrogens (tertiary/aromatic N) is 2. The highest BCUT2D eigenvalue weighted by atomic mass is 32.2. The maximum atomic E-state index is 12.4. The van der Waals surface area contributed by atoms with Crippen molar-refractivity contribution in [2.45, 2.75) is 24.0 Å². The van der Waals surface area contributed by atoms with Gasteiger partial charge in [-0.3, -0.25) is 5.84 Å². The third-order valence-electron chi connectivity index (χ3n) is 2.87. The molecule has 1 unspecified atom stereocenters. The number of aliphatic hydroxyl groups excluding tert-OH is 1. The van der Waals surface area contributed by atoms with E-state index in [1.54, 1.807) is 12.1 Å². The quantitative estimate of drug-likeness (QED) is 0.506. The van der Waals surface area contributed by atoms with Gasteiger partial charge >= 0.3 is 0 Å². The van der Waals surface area contributed by atoms with E-state index in [0.717, 1.165) is 0 Å². The van der Waals surface area contributed by atoms with Crippen LogP contribution in [0.5, 0.6) is 0 Å². The van der Waals surface area contributed by atoms with Crippen molar-refractivity contribution >= 4 is 15.7 Å². The molecule has 2 rings (SSSR count). The number of hydrazine groups is 1. The van der Waals surface area contributed by atoms with E-state index in [1.807, 2.05) is 0 Å². The van der Waals surface area contributed by atoms with Crippen LogP contribution in [0, 0.1) is 0 Å². The first-order valence-corrected chi connectivity index (χ1v) is 7.09. The van der Waals surface area contributed by atoms with Crippen LogP contribution in [0.2, 0.25) is 0 Å². The topological polar surface area (TPSA) is 109 Å². The standard InChI is InChI=1S/C10H16N4O3S/c11-13-9-4-1-5-12-10(9)18(16,17)14-6-2-3-8(15)7-14/h1,4-5,8,13,15H,2-3,6-7,11H2. The number of nitrogen functional groups attached to an aromatic ring is 1. The molecule has 8 heteroatoms. The number of aromatic nitrogens is 1. The minimum absolute atomic E-state index is 0.100. The van der Waals surface area contributed by atoms with Crippen molar-refractivity contribution in [1.29, 1.82) is 0 Å². The van der Waals surface area contributed by atoms with Crippen molar-refractivity contribution in [2.75, 3.05) is 18.5 Å². The molecule has 1 saturated heterocycles. The molecule has 1 aliphatic heterocycles. The van der Waals surface area contributed by atoms with E-state index in [4.69, 9.17) is 5.84 Å². The van der Waals surface area contributed by atoms with Crippen LogP contribution in [0.4, 0.5) is 5.69 Å². The monoisotopic (exact) mass is 272 g/mol. The number of nitrogens with two attached hydrogens (primary N) is 1. The molecule has 7 nitrogen and oxygen atoms in total. The summed E-state index contributed by atoms with van der Waals surface area (Å²) in [7, 11) is -3.72. The van der Waals surface area contributed by atoms with Gasteiger partial charge in [-0.05, 0) is 25.0 Å². The first kappa shape index (κ1) is 13.2. The number of aliphatic hydroxyl groups is 1. The largest absolute Gasteiger partial charge is 0.392 e. The third kappa shape index (κ3) is 2.46. The lowest BCUT2D eigenvalue weighted by molar-refractivity contribution is 0.108. The molecule has 0 radical (unpaired) electrons. The Hall–Kier alpha value is -1.22. The van der Waals surface area contributed by atoms with Gasteiger partial charge in [-0.25, -0.2) is 13.4 Å². The Morgan fingerprint density at radius 1 is 1.56 bits per heavy atom. The van der Waals surface area contributed by atoms with E-state index < -0.39 is 16.1 Å². The van der Waals surface area contributed by atoms with Crippen molar-refractivity contribution in [2.24, 2.45) is 5.84 Å². The van der Waals surface area contributed by atoms with Crippen LogP contribution >= 0.6 is 0 Å².